The fourth-order valence-electron chi connectivity index (χ4n) is 3.73. The van der Waals surface area contributed by atoms with Crippen LogP contribution in [0, 0.1) is 23.7 Å². The van der Waals surface area contributed by atoms with Gasteiger partial charge in [0, 0.05) is 42.0 Å². The first kappa shape index (κ1) is 18.5. The molecule has 0 N–H and O–H groups in total. The Labute approximate surface area is 168 Å². The lowest BCUT2D eigenvalue weighted by Gasteiger charge is -2.13. The van der Waals surface area contributed by atoms with Crippen molar-refractivity contribution in [2.75, 3.05) is 19.7 Å². The fourth-order valence-corrected chi connectivity index (χ4v) is 3.73. The summed E-state index contributed by atoms with van der Waals surface area (Å²) in [6.07, 6.45) is 11.2. The van der Waals surface area contributed by atoms with Gasteiger partial charge in [0.05, 0.1) is 30.1 Å². The van der Waals surface area contributed by atoms with E-state index in [9.17, 15) is 10.1 Å². The van der Waals surface area contributed by atoms with Gasteiger partial charge in [0.1, 0.15) is 11.8 Å². The van der Waals surface area contributed by atoms with Crippen LogP contribution < -0.4 is 4.74 Å². The standard InChI is InChI=1S/C22H19N5O2/c1-3-21(28)26-8-7-16(13-26)20-6-5-15(11-24-20)19-9-18(29-4-2)14-27-22(19)17(10-23)12-25-27/h1,5-6,9,11-12,14,16H,4,7-8,13H2,2H3. The topological polar surface area (TPSA) is 83.5 Å². The normalized spacial score (nSPS) is 15.8. The first-order chi connectivity index (χ1) is 14.1. The number of pyridine rings is 2. The molecule has 0 bridgehead atoms. The number of rotatable bonds is 4. The van der Waals surface area contributed by atoms with Gasteiger partial charge in [-0.25, -0.2) is 4.52 Å². The number of nitrogens with zero attached hydrogens (tertiary/aromatic N) is 5. The molecular weight excluding hydrogens is 366 g/mol. The summed E-state index contributed by atoms with van der Waals surface area (Å²) in [5.41, 5.74) is 3.84. The summed E-state index contributed by atoms with van der Waals surface area (Å²) < 4.78 is 7.31. The zero-order valence-electron chi connectivity index (χ0n) is 16.0. The van der Waals surface area contributed by atoms with Crippen molar-refractivity contribution >= 4 is 11.4 Å². The molecular formula is C22H19N5O2. The summed E-state index contributed by atoms with van der Waals surface area (Å²) >= 11 is 0. The number of hydrogen-bond donors (Lipinski definition) is 0. The van der Waals surface area contributed by atoms with Crippen LogP contribution in [-0.2, 0) is 4.79 Å². The molecule has 0 spiro atoms. The van der Waals surface area contributed by atoms with Crippen LogP contribution in [0.4, 0.5) is 0 Å². The molecule has 1 amide bonds. The van der Waals surface area contributed by atoms with Crippen LogP contribution in [0.1, 0.15) is 30.5 Å². The molecule has 0 saturated carbocycles. The van der Waals surface area contributed by atoms with Gasteiger partial charge in [-0.2, -0.15) is 10.4 Å². The summed E-state index contributed by atoms with van der Waals surface area (Å²) in [6, 6.07) is 8.04. The maximum atomic E-state index is 11.7. The fraction of sp³-hybridized carbons (Fsp3) is 0.273. The lowest BCUT2D eigenvalue weighted by Crippen LogP contribution is -2.26. The monoisotopic (exact) mass is 385 g/mol. The number of hydrogen-bond acceptors (Lipinski definition) is 5. The van der Waals surface area contributed by atoms with E-state index in [0.717, 1.165) is 28.8 Å². The van der Waals surface area contributed by atoms with Gasteiger partial charge in [0.2, 0.25) is 0 Å². The zero-order valence-corrected chi connectivity index (χ0v) is 16.0. The van der Waals surface area contributed by atoms with Gasteiger partial charge >= 0.3 is 0 Å². The first-order valence-corrected chi connectivity index (χ1v) is 9.40. The number of amides is 1. The van der Waals surface area contributed by atoms with Gasteiger partial charge in [-0.1, -0.05) is 6.07 Å². The predicted molar refractivity (Wildman–Crippen MR) is 107 cm³/mol. The predicted octanol–water partition coefficient (Wildman–Crippen LogP) is 2.62. The summed E-state index contributed by atoms with van der Waals surface area (Å²) in [5.74, 6) is 2.74. The first-order valence-electron chi connectivity index (χ1n) is 9.40. The van der Waals surface area contributed by atoms with E-state index >= 15 is 0 Å². The molecule has 1 fully saturated rings. The third-order valence-electron chi connectivity index (χ3n) is 5.13. The maximum absolute atomic E-state index is 11.7. The van der Waals surface area contributed by atoms with Crippen molar-refractivity contribution in [3.8, 4) is 35.3 Å². The molecule has 7 heteroatoms. The number of carbonyl (C=O) groups excluding carboxylic acids is 1. The van der Waals surface area contributed by atoms with Gasteiger partial charge in [-0.05, 0) is 31.4 Å². The minimum atomic E-state index is -0.274. The Morgan fingerprint density at radius 2 is 2.28 bits per heavy atom. The van der Waals surface area contributed by atoms with Crippen molar-refractivity contribution in [2.45, 2.75) is 19.3 Å². The SMILES string of the molecule is C#CC(=O)N1CCC(c2ccc(-c3cc(OCC)cn4ncc(C#N)c34)cn2)C1. The molecule has 0 aliphatic carbocycles. The van der Waals surface area contributed by atoms with E-state index in [1.807, 2.05) is 25.1 Å². The molecule has 1 atom stereocenters. The van der Waals surface area contributed by atoms with Gasteiger partial charge in [-0.15, -0.1) is 6.42 Å². The second kappa shape index (κ2) is 7.65. The van der Waals surface area contributed by atoms with Crippen LogP contribution in [0.25, 0.3) is 16.6 Å². The average Bonchev–Trinajstić information content (AvgIpc) is 3.40. The second-order valence-corrected chi connectivity index (χ2v) is 6.84. The second-order valence-electron chi connectivity index (χ2n) is 6.84. The molecule has 1 aliphatic rings. The molecule has 1 aliphatic heterocycles. The number of terminal acetylenes is 1. The quantitative estimate of drug-likeness (QED) is 0.645. The number of carbonyl (C=O) groups is 1. The van der Waals surface area contributed by atoms with Gasteiger partial charge in [-0.3, -0.25) is 9.78 Å². The largest absolute Gasteiger partial charge is 0.492 e. The molecule has 1 unspecified atom stereocenters. The Morgan fingerprint density at radius 3 is 2.97 bits per heavy atom. The smallest absolute Gasteiger partial charge is 0.298 e. The Kier molecular flexibility index (Phi) is 4.88. The van der Waals surface area contributed by atoms with Crippen LogP contribution in [0.3, 0.4) is 0 Å². The molecule has 1 saturated heterocycles. The summed E-state index contributed by atoms with van der Waals surface area (Å²) in [5, 5.41) is 13.7. The Balaban J connectivity index is 1.68. The Hall–Kier alpha value is -3.84. The number of aromatic nitrogens is 3. The van der Waals surface area contributed by atoms with Crippen molar-refractivity contribution in [2.24, 2.45) is 0 Å². The molecule has 3 aromatic rings. The Morgan fingerprint density at radius 1 is 1.41 bits per heavy atom. The van der Waals surface area contributed by atoms with Crippen molar-refractivity contribution in [3.05, 3.63) is 48.0 Å². The number of nitriles is 1. The van der Waals surface area contributed by atoms with E-state index in [4.69, 9.17) is 11.2 Å². The molecule has 4 heterocycles. The van der Waals surface area contributed by atoms with Crippen molar-refractivity contribution < 1.29 is 9.53 Å². The van der Waals surface area contributed by atoms with E-state index in [0.29, 0.717) is 31.0 Å². The highest BCUT2D eigenvalue weighted by atomic mass is 16.5. The molecule has 7 nitrogen and oxygen atoms in total. The van der Waals surface area contributed by atoms with Crippen molar-refractivity contribution in [1.82, 2.24) is 19.5 Å². The highest BCUT2D eigenvalue weighted by Gasteiger charge is 2.27. The Bertz CT molecular complexity index is 1150. The lowest BCUT2D eigenvalue weighted by molar-refractivity contribution is -0.124. The van der Waals surface area contributed by atoms with E-state index in [-0.39, 0.29) is 11.8 Å². The molecule has 29 heavy (non-hydrogen) atoms. The van der Waals surface area contributed by atoms with Gasteiger partial charge < -0.3 is 9.64 Å². The van der Waals surface area contributed by atoms with Crippen molar-refractivity contribution in [1.29, 1.82) is 5.26 Å². The van der Waals surface area contributed by atoms with Gasteiger partial charge in [0.15, 0.2) is 0 Å². The lowest BCUT2D eigenvalue weighted by atomic mass is 10.0. The number of fused-ring (bicyclic) bond motifs is 1. The molecule has 4 rings (SSSR count). The molecule has 0 aromatic carbocycles. The summed E-state index contributed by atoms with van der Waals surface area (Å²) in [4.78, 5) is 18.0. The van der Waals surface area contributed by atoms with Crippen LogP contribution in [-0.4, -0.2) is 45.1 Å². The highest BCUT2D eigenvalue weighted by molar-refractivity contribution is 5.93. The van der Waals surface area contributed by atoms with Crippen LogP contribution in [0.5, 0.6) is 5.75 Å². The van der Waals surface area contributed by atoms with Crippen LogP contribution in [0.2, 0.25) is 0 Å². The summed E-state index contributed by atoms with van der Waals surface area (Å²) in [6.45, 7) is 3.68. The third-order valence-corrected chi connectivity index (χ3v) is 5.13. The minimum Gasteiger partial charge on any atom is -0.492 e. The van der Waals surface area contributed by atoms with E-state index < -0.39 is 0 Å². The van der Waals surface area contributed by atoms with E-state index in [1.54, 1.807) is 28.0 Å². The number of ether oxygens (including phenoxy) is 1. The summed E-state index contributed by atoms with van der Waals surface area (Å²) in [7, 11) is 0. The maximum Gasteiger partial charge on any atom is 0.298 e. The minimum absolute atomic E-state index is 0.167. The van der Waals surface area contributed by atoms with Crippen molar-refractivity contribution in [3.63, 3.8) is 0 Å². The van der Waals surface area contributed by atoms with Crippen LogP contribution >= 0.6 is 0 Å². The van der Waals surface area contributed by atoms with Crippen LogP contribution in [0.15, 0.2) is 36.8 Å². The zero-order chi connectivity index (χ0) is 20.4. The average molecular weight is 385 g/mol. The third kappa shape index (κ3) is 3.39. The van der Waals surface area contributed by atoms with Gasteiger partial charge in [0.25, 0.3) is 5.91 Å². The van der Waals surface area contributed by atoms with E-state index in [2.05, 4.69) is 22.1 Å². The molecule has 0 radical (unpaired) electrons. The van der Waals surface area contributed by atoms with E-state index in [1.165, 1.54) is 0 Å². The number of likely N-dealkylation sites (tertiary alicyclic amines) is 1. The highest BCUT2D eigenvalue weighted by Crippen LogP contribution is 2.32. The molecule has 144 valence electrons. The molecule has 3 aromatic heterocycles.